The highest BCUT2D eigenvalue weighted by Gasteiger charge is 2.34. The van der Waals surface area contributed by atoms with Crippen LogP contribution in [0.4, 0.5) is 0 Å². The van der Waals surface area contributed by atoms with Crippen molar-refractivity contribution in [2.75, 3.05) is 20.4 Å². The van der Waals surface area contributed by atoms with Gasteiger partial charge in [0.15, 0.2) is 6.79 Å². The first-order chi connectivity index (χ1) is 11.8. The van der Waals surface area contributed by atoms with Crippen LogP contribution in [0.3, 0.4) is 0 Å². The molecule has 1 aliphatic heterocycles. The van der Waals surface area contributed by atoms with Crippen LogP contribution in [0.5, 0.6) is 5.75 Å². The van der Waals surface area contributed by atoms with Gasteiger partial charge in [-0.15, -0.1) is 0 Å². The molecule has 24 heavy (non-hydrogen) atoms. The number of amides is 1. The minimum atomic E-state index is -0.0659. The van der Waals surface area contributed by atoms with Crippen molar-refractivity contribution < 1.29 is 14.3 Å². The van der Waals surface area contributed by atoms with E-state index in [2.05, 4.69) is 18.2 Å². The molecule has 5 nitrogen and oxygen atoms in total. The van der Waals surface area contributed by atoms with Gasteiger partial charge in [-0.25, -0.2) is 0 Å². The molecule has 0 N–H and O–H groups in total. The van der Waals surface area contributed by atoms with Crippen LogP contribution in [0.2, 0.25) is 0 Å². The first-order valence-electron chi connectivity index (χ1n) is 8.06. The van der Waals surface area contributed by atoms with Gasteiger partial charge in [-0.2, -0.15) is 5.26 Å². The molecule has 2 aromatic carbocycles. The normalized spacial score (nSPS) is 17.2. The maximum absolute atomic E-state index is 12.3. The number of likely N-dealkylation sites (tertiary alicyclic amines) is 1. The Balaban J connectivity index is 2.08. The SMILES string of the molecule is COCOc1ccc2ccccc2c1[C@@H]1CCC(=O)N1CCC#N. The number of carbonyl (C=O) groups is 1. The summed E-state index contributed by atoms with van der Waals surface area (Å²) in [6.45, 7) is 0.608. The number of ether oxygens (including phenoxy) is 2. The average Bonchev–Trinajstić information content (AvgIpc) is 2.97. The second-order valence-corrected chi connectivity index (χ2v) is 5.80. The largest absolute Gasteiger partial charge is 0.467 e. The van der Waals surface area contributed by atoms with E-state index >= 15 is 0 Å². The minimum absolute atomic E-state index is 0.0659. The molecule has 1 amide bonds. The summed E-state index contributed by atoms with van der Waals surface area (Å²) in [5.74, 6) is 0.832. The fraction of sp³-hybridized carbons (Fsp3) is 0.368. The molecule has 1 atom stereocenters. The molecule has 0 unspecified atom stereocenters. The summed E-state index contributed by atoms with van der Waals surface area (Å²) >= 11 is 0. The van der Waals surface area contributed by atoms with Crippen LogP contribution in [0.25, 0.3) is 10.8 Å². The molecule has 1 heterocycles. The second-order valence-electron chi connectivity index (χ2n) is 5.80. The third-order valence-corrected chi connectivity index (χ3v) is 4.39. The Morgan fingerprint density at radius 2 is 2.12 bits per heavy atom. The number of nitrogens with zero attached hydrogens (tertiary/aromatic N) is 2. The molecule has 1 fully saturated rings. The molecule has 0 spiro atoms. The lowest BCUT2D eigenvalue weighted by Gasteiger charge is -2.27. The first-order valence-corrected chi connectivity index (χ1v) is 8.06. The molecule has 3 rings (SSSR count). The van der Waals surface area contributed by atoms with Crippen LogP contribution in [0.1, 0.15) is 30.9 Å². The molecule has 2 aromatic rings. The molecule has 0 aliphatic carbocycles. The van der Waals surface area contributed by atoms with Crippen LogP contribution in [0, 0.1) is 11.3 Å². The number of benzene rings is 2. The Morgan fingerprint density at radius 3 is 2.92 bits per heavy atom. The topological polar surface area (TPSA) is 62.6 Å². The van der Waals surface area contributed by atoms with E-state index in [1.54, 1.807) is 7.11 Å². The average molecular weight is 324 g/mol. The Labute approximate surface area is 141 Å². The second kappa shape index (κ2) is 7.33. The van der Waals surface area contributed by atoms with Gasteiger partial charge >= 0.3 is 0 Å². The number of hydrogen-bond donors (Lipinski definition) is 0. The number of fused-ring (bicyclic) bond motifs is 1. The smallest absolute Gasteiger partial charge is 0.223 e. The molecule has 1 saturated heterocycles. The van der Waals surface area contributed by atoms with Crippen molar-refractivity contribution in [3.05, 3.63) is 42.0 Å². The van der Waals surface area contributed by atoms with Crippen LogP contribution in [-0.2, 0) is 9.53 Å². The van der Waals surface area contributed by atoms with Gasteiger partial charge in [0, 0.05) is 25.6 Å². The summed E-state index contributed by atoms with van der Waals surface area (Å²) in [5.41, 5.74) is 1.01. The Morgan fingerprint density at radius 1 is 1.29 bits per heavy atom. The summed E-state index contributed by atoms with van der Waals surface area (Å²) in [6, 6.07) is 14.1. The minimum Gasteiger partial charge on any atom is -0.467 e. The summed E-state index contributed by atoms with van der Waals surface area (Å²) in [4.78, 5) is 14.1. The van der Waals surface area contributed by atoms with Crippen molar-refractivity contribution >= 4 is 16.7 Å². The summed E-state index contributed by atoms with van der Waals surface area (Å²) in [6.07, 6.45) is 1.58. The van der Waals surface area contributed by atoms with Gasteiger partial charge in [-0.05, 0) is 23.3 Å². The van der Waals surface area contributed by atoms with E-state index < -0.39 is 0 Å². The highest BCUT2D eigenvalue weighted by Crippen LogP contribution is 2.41. The zero-order valence-corrected chi connectivity index (χ0v) is 13.7. The molecule has 124 valence electrons. The fourth-order valence-corrected chi connectivity index (χ4v) is 3.35. The number of hydrogen-bond acceptors (Lipinski definition) is 4. The first kappa shape index (κ1) is 16.3. The Kier molecular flexibility index (Phi) is 4.97. The van der Waals surface area contributed by atoms with E-state index in [0.29, 0.717) is 19.4 Å². The van der Waals surface area contributed by atoms with Crippen molar-refractivity contribution in [1.29, 1.82) is 5.26 Å². The van der Waals surface area contributed by atoms with E-state index in [1.807, 2.05) is 29.2 Å². The van der Waals surface area contributed by atoms with Gasteiger partial charge in [0.1, 0.15) is 5.75 Å². The molecule has 0 saturated carbocycles. The molecular weight excluding hydrogens is 304 g/mol. The number of methoxy groups -OCH3 is 1. The van der Waals surface area contributed by atoms with Gasteiger partial charge in [0.25, 0.3) is 0 Å². The van der Waals surface area contributed by atoms with Crippen molar-refractivity contribution in [3.8, 4) is 11.8 Å². The zero-order valence-electron chi connectivity index (χ0n) is 13.7. The van der Waals surface area contributed by atoms with Crippen molar-refractivity contribution in [2.45, 2.75) is 25.3 Å². The lowest BCUT2D eigenvalue weighted by atomic mass is 9.96. The van der Waals surface area contributed by atoms with Crippen LogP contribution in [-0.4, -0.2) is 31.3 Å². The summed E-state index contributed by atoms with van der Waals surface area (Å²) in [5, 5.41) is 11.1. The highest BCUT2D eigenvalue weighted by atomic mass is 16.7. The highest BCUT2D eigenvalue weighted by molar-refractivity contribution is 5.90. The maximum atomic E-state index is 12.3. The zero-order chi connectivity index (χ0) is 16.9. The predicted octanol–water partition coefficient (Wildman–Crippen LogP) is 3.40. The monoisotopic (exact) mass is 324 g/mol. The van der Waals surface area contributed by atoms with Gasteiger partial charge in [0.05, 0.1) is 18.5 Å². The molecular formula is C19H20N2O3. The van der Waals surface area contributed by atoms with E-state index in [4.69, 9.17) is 14.7 Å². The number of rotatable bonds is 6. The third-order valence-electron chi connectivity index (χ3n) is 4.39. The van der Waals surface area contributed by atoms with E-state index in [0.717, 1.165) is 28.5 Å². The van der Waals surface area contributed by atoms with Crippen LogP contribution >= 0.6 is 0 Å². The van der Waals surface area contributed by atoms with Crippen molar-refractivity contribution in [1.82, 2.24) is 4.90 Å². The van der Waals surface area contributed by atoms with Gasteiger partial charge in [-0.3, -0.25) is 4.79 Å². The maximum Gasteiger partial charge on any atom is 0.223 e. The summed E-state index contributed by atoms with van der Waals surface area (Å²) in [7, 11) is 1.58. The number of nitriles is 1. The Bertz CT molecular complexity index is 782. The van der Waals surface area contributed by atoms with Gasteiger partial charge in [-0.1, -0.05) is 30.3 Å². The number of carbonyl (C=O) groups excluding carboxylic acids is 1. The third kappa shape index (κ3) is 3.06. The molecule has 0 bridgehead atoms. The Hall–Kier alpha value is -2.58. The van der Waals surface area contributed by atoms with Crippen molar-refractivity contribution in [3.63, 3.8) is 0 Å². The van der Waals surface area contributed by atoms with E-state index in [1.165, 1.54) is 0 Å². The van der Waals surface area contributed by atoms with E-state index in [9.17, 15) is 4.79 Å². The molecule has 0 aromatic heterocycles. The summed E-state index contributed by atoms with van der Waals surface area (Å²) < 4.78 is 10.8. The van der Waals surface area contributed by atoms with Crippen LogP contribution < -0.4 is 4.74 Å². The van der Waals surface area contributed by atoms with Gasteiger partial charge in [0.2, 0.25) is 5.91 Å². The molecule has 5 heteroatoms. The lowest BCUT2D eigenvalue weighted by Crippen LogP contribution is -2.29. The standard InChI is InChI=1S/C19H20N2O3/c1-23-13-24-17-9-7-14-5-2-3-6-15(14)19(17)16-8-10-18(22)21(16)12-4-11-20/h2-3,5-7,9,16H,4,8,10,12-13H2,1H3/t16-/m0/s1. The van der Waals surface area contributed by atoms with Crippen molar-refractivity contribution in [2.24, 2.45) is 0 Å². The molecule has 0 radical (unpaired) electrons. The van der Waals surface area contributed by atoms with E-state index in [-0.39, 0.29) is 18.7 Å². The fourth-order valence-electron chi connectivity index (χ4n) is 3.35. The predicted molar refractivity (Wildman–Crippen MR) is 90.4 cm³/mol. The molecule has 1 aliphatic rings. The quantitative estimate of drug-likeness (QED) is 0.764. The van der Waals surface area contributed by atoms with Gasteiger partial charge < -0.3 is 14.4 Å². The lowest BCUT2D eigenvalue weighted by molar-refractivity contribution is -0.128. The van der Waals surface area contributed by atoms with Crippen LogP contribution in [0.15, 0.2) is 36.4 Å².